The maximum Gasteiger partial charge on any atom is 0.228 e. The number of anilines is 1. The molecule has 0 fully saturated rings. The number of nitrogens with zero attached hydrogens (tertiary/aromatic N) is 3. The lowest BCUT2D eigenvalue weighted by Gasteiger charge is -2.29. The van der Waals surface area contributed by atoms with Crippen LogP contribution in [0.1, 0.15) is 24.1 Å². The van der Waals surface area contributed by atoms with Crippen molar-refractivity contribution in [3.05, 3.63) is 11.3 Å². The molecule has 1 amide bonds. The van der Waals surface area contributed by atoms with Crippen LogP contribution in [0.15, 0.2) is 5.16 Å². The Kier molecular flexibility index (Phi) is 4.76. The van der Waals surface area contributed by atoms with Crippen LogP contribution in [-0.4, -0.2) is 42.4 Å². The summed E-state index contributed by atoms with van der Waals surface area (Å²) >= 11 is 1.50. The number of carbonyl (C=O) groups excluding carboxylic acids is 1. The molecule has 2 rings (SSSR count). The zero-order chi connectivity index (χ0) is 13.8. The Labute approximate surface area is 117 Å². The summed E-state index contributed by atoms with van der Waals surface area (Å²) in [7, 11) is 1.67. The second kappa shape index (κ2) is 6.34. The molecule has 6 heteroatoms. The zero-order valence-electron chi connectivity index (χ0n) is 11.6. The fraction of sp³-hybridized carbons (Fsp3) is 0.615. The van der Waals surface area contributed by atoms with Gasteiger partial charge in [-0.25, -0.2) is 9.97 Å². The van der Waals surface area contributed by atoms with Crippen LogP contribution in [0, 0.1) is 6.92 Å². The maximum atomic E-state index is 12.1. The first-order valence-corrected chi connectivity index (χ1v) is 7.60. The van der Waals surface area contributed by atoms with Crippen LogP contribution in [0.5, 0.6) is 0 Å². The average Bonchev–Trinajstić information content (AvgIpc) is 2.41. The van der Waals surface area contributed by atoms with E-state index in [2.05, 4.69) is 9.97 Å². The number of ether oxygens (including phenoxy) is 1. The van der Waals surface area contributed by atoms with E-state index in [1.807, 2.05) is 13.2 Å². The van der Waals surface area contributed by atoms with Crippen molar-refractivity contribution in [3.8, 4) is 0 Å². The number of carbonyl (C=O) groups is 1. The summed E-state index contributed by atoms with van der Waals surface area (Å²) < 4.78 is 5.05. The highest BCUT2D eigenvalue weighted by atomic mass is 32.2. The Morgan fingerprint density at radius 1 is 1.37 bits per heavy atom. The van der Waals surface area contributed by atoms with Crippen LogP contribution in [0.4, 0.5) is 5.82 Å². The van der Waals surface area contributed by atoms with Crippen LogP contribution in [0.2, 0.25) is 0 Å². The second-order valence-electron chi connectivity index (χ2n) is 4.49. The summed E-state index contributed by atoms with van der Waals surface area (Å²) in [6.45, 7) is 3.30. The fourth-order valence-corrected chi connectivity index (χ4v) is 2.65. The highest BCUT2D eigenvalue weighted by molar-refractivity contribution is 7.98. The molecule has 0 spiro atoms. The Hall–Kier alpha value is -1.14. The third-order valence-electron chi connectivity index (χ3n) is 3.23. The molecule has 0 N–H and O–H groups in total. The minimum Gasteiger partial charge on any atom is -0.385 e. The molecule has 0 unspecified atom stereocenters. The summed E-state index contributed by atoms with van der Waals surface area (Å²) in [6.07, 6.45) is 4.05. The zero-order valence-corrected chi connectivity index (χ0v) is 12.4. The molecular weight excluding hydrogens is 262 g/mol. The Morgan fingerprint density at radius 3 is 2.84 bits per heavy atom. The minimum absolute atomic E-state index is 0.147. The number of aryl methyl sites for hydroxylation is 1. The molecular formula is C13H19N3O2S. The van der Waals surface area contributed by atoms with E-state index < -0.39 is 0 Å². The van der Waals surface area contributed by atoms with Crippen molar-refractivity contribution >= 4 is 23.5 Å². The van der Waals surface area contributed by atoms with Gasteiger partial charge >= 0.3 is 0 Å². The number of amides is 1. The number of hydrogen-bond acceptors (Lipinski definition) is 5. The highest BCUT2D eigenvalue weighted by Crippen LogP contribution is 2.29. The molecule has 19 heavy (non-hydrogen) atoms. The van der Waals surface area contributed by atoms with Crippen molar-refractivity contribution in [2.24, 2.45) is 0 Å². The molecule has 0 aliphatic carbocycles. The molecule has 1 aliphatic heterocycles. The number of fused-ring (bicyclic) bond motifs is 1. The van der Waals surface area contributed by atoms with Gasteiger partial charge in [0.05, 0.1) is 0 Å². The molecule has 0 atom stereocenters. The van der Waals surface area contributed by atoms with Crippen molar-refractivity contribution < 1.29 is 9.53 Å². The third kappa shape index (κ3) is 3.06. The molecule has 0 saturated carbocycles. The minimum atomic E-state index is 0.147. The highest BCUT2D eigenvalue weighted by Gasteiger charge is 2.27. The standard InChI is InChI=1S/C13H19N3O2S/c1-9-10-5-6-11(17)16(7-4-8-18-2)12(10)15-13(14-9)19-3/h4-8H2,1-3H3. The molecule has 0 bridgehead atoms. The topological polar surface area (TPSA) is 55.3 Å². The van der Waals surface area contributed by atoms with E-state index in [9.17, 15) is 4.79 Å². The maximum absolute atomic E-state index is 12.1. The second-order valence-corrected chi connectivity index (χ2v) is 5.26. The molecule has 0 aromatic carbocycles. The fourth-order valence-electron chi connectivity index (χ4n) is 2.25. The number of rotatable bonds is 5. The Morgan fingerprint density at radius 2 is 2.16 bits per heavy atom. The van der Waals surface area contributed by atoms with Gasteiger partial charge in [0, 0.05) is 37.9 Å². The van der Waals surface area contributed by atoms with E-state index in [-0.39, 0.29) is 5.91 Å². The molecule has 104 valence electrons. The quantitative estimate of drug-likeness (QED) is 0.468. The summed E-state index contributed by atoms with van der Waals surface area (Å²) in [5.41, 5.74) is 2.09. The van der Waals surface area contributed by atoms with E-state index in [4.69, 9.17) is 4.74 Å². The van der Waals surface area contributed by atoms with Crippen LogP contribution >= 0.6 is 11.8 Å². The van der Waals surface area contributed by atoms with Crippen molar-refractivity contribution in [2.75, 3.05) is 31.4 Å². The van der Waals surface area contributed by atoms with Crippen LogP contribution in [0.25, 0.3) is 0 Å². The Balaban J connectivity index is 2.31. The molecule has 5 nitrogen and oxygen atoms in total. The van der Waals surface area contributed by atoms with E-state index in [1.54, 1.807) is 12.0 Å². The van der Waals surface area contributed by atoms with E-state index >= 15 is 0 Å². The Bertz CT molecular complexity index is 479. The van der Waals surface area contributed by atoms with E-state index in [0.29, 0.717) is 19.6 Å². The van der Waals surface area contributed by atoms with Gasteiger partial charge in [0.2, 0.25) is 5.91 Å². The van der Waals surface area contributed by atoms with Crippen molar-refractivity contribution in [2.45, 2.75) is 31.3 Å². The van der Waals surface area contributed by atoms with Crippen molar-refractivity contribution in [1.29, 1.82) is 0 Å². The first-order valence-electron chi connectivity index (χ1n) is 6.38. The van der Waals surface area contributed by atoms with Gasteiger partial charge in [0.15, 0.2) is 5.16 Å². The SMILES string of the molecule is COCCCN1C(=O)CCc2c(C)nc(SC)nc21. The van der Waals surface area contributed by atoms with Gasteiger partial charge in [0.25, 0.3) is 0 Å². The molecule has 0 saturated heterocycles. The van der Waals surface area contributed by atoms with Crippen LogP contribution in [-0.2, 0) is 16.0 Å². The normalized spacial score (nSPS) is 14.7. The predicted molar refractivity (Wildman–Crippen MR) is 75.7 cm³/mol. The molecule has 2 heterocycles. The molecule has 0 radical (unpaired) electrons. The van der Waals surface area contributed by atoms with Gasteiger partial charge in [-0.15, -0.1) is 0 Å². The molecule has 1 aromatic rings. The number of thioether (sulfide) groups is 1. The molecule has 1 aromatic heterocycles. The van der Waals surface area contributed by atoms with Gasteiger partial charge in [-0.3, -0.25) is 9.69 Å². The van der Waals surface area contributed by atoms with E-state index in [0.717, 1.165) is 35.1 Å². The average molecular weight is 281 g/mol. The van der Waals surface area contributed by atoms with Gasteiger partial charge in [-0.05, 0) is 26.0 Å². The van der Waals surface area contributed by atoms with Crippen molar-refractivity contribution in [3.63, 3.8) is 0 Å². The van der Waals surface area contributed by atoms with Gasteiger partial charge in [-0.2, -0.15) is 0 Å². The number of hydrogen-bond donors (Lipinski definition) is 0. The lowest BCUT2D eigenvalue weighted by atomic mass is 10.0. The lowest BCUT2D eigenvalue weighted by molar-refractivity contribution is -0.119. The molecule has 1 aliphatic rings. The van der Waals surface area contributed by atoms with E-state index in [1.165, 1.54) is 11.8 Å². The number of aromatic nitrogens is 2. The monoisotopic (exact) mass is 281 g/mol. The predicted octanol–water partition coefficient (Wildman–Crippen LogP) is 1.82. The summed E-state index contributed by atoms with van der Waals surface area (Å²) in [5.74, 6) is 0.943. The first kappa shape index (κ1) is 14.3. The van der Waals surface area contributed by atoms with Gasteiger partial charge < -0.3 is 4.74 Å². The van der Waals surface area contributed by atoms with Crippen molar-refractivity contribution in [1.82, 2.24) is 9.97 Å². The van der Waals surface area contributed by atoms with Crippen LogP contribution < -0.4 is 4.90 Å². The third-order valence-corrected chi connectivity index (χ3v) is 3.78. The van der Waals surface area contributed by atoms with Gasteiger partial charge in [-0.1, -0.05) is 11.8 Å². The van der Waals surface area contributed by atoms with Crippen LogP contribution in [0.3, 0.4) is 0 Å². The summed E-state index contributed by atoms with van der Waals surface area (Å²) in [4.78, 5) is 22.8. The summed E-state index contributed by atoms with van der Waals surface area (Å²) in [6, 6.07) is 0. The van der Waals surface area contributed by atoms with Gasteiger partial charge in [0.1, 0.15) is 5.82 Å². The number of methoxy groups -OCH3 is 1. The smallest absolute Gasteiger partial charge is 0.228 e. The lowest BCUT2D eigenvalue weighted by Crippen LogP contribution is -2.37. The summed E-state index contributed by atoms with van der Waals surface area (Å²) in [5, 5.41) is 0.725. The first-order chi connectivity index (χ1) is 9.17. The largest absolute Gasteiger partial charge is 0.385 e.